The third kappa shape index (κ3) is 4.75. The number of hydrogen-bond acceptors (Lipinski definition) is 6. The molecular formula is C23H27F3N6O. The van der Waals surface area contributed by atoms with Crippen LogP contribution in [0.5, 0.6) is 0 Å². The van der Waals surface area contributed by atoms with E-state index in [4.69, 9.17) is 14.7 Å². The zero-order chi connectivity index (χ0) is 22.8. The first-order valence-electron chi connectivity index (χ1n) is 11.5. The average molecular weight is 461 g/mol. The summed E-state index contributed by atoms with van der Waals surface area (Å²) in [6.07, 6.45) is 3.26. The topological polar surface area (TPSA) is 68.1 Å². The summed E-state index contributed by atoms with van der Waals surface area (Å²) >= 11 is 0. The largest absolute Gasteiger partial charge is 0.416 e. The Balaban J connectivity index is 1.48. The molecule has 1 saturated heterocycles. The first-order chi connectivity index (χ1) is 16.0. The number of fused-ring (bicyclic) bond motifs is 1. The second kappa shape index (κ2) is 9.17. The fourth-order valence-corrected chi connectivity index (χ4v) is 4.60. The van der Waals surface area contributed by atoms with Crippen molar-refractivity contribution in [2.24, 2.45) is 0 Å². The van der Waals surface area contributed by atoms with Crippen molar-refractivity contribution in [1.29, 1.82) is 0 Å². The van der Waals surface area contributed by atoms with E-state index in [-0.39, 0.29) is 6.54 Å². The summed E-state index contributed by atoms with van der Waals surface area (Å²) in [5, 5.41) is 3.23. The van der Waals surface area contributed by atoms with Crippen LogP contribution in [0.3, 0.4) is 0 Å². The maximum atomic E-state index is 13.1. The highest BCUT2D eigenvalue weighted by molar-refractivity contribution is 5.84. The lowest BCUT2D eigenvalue weighted by Gasteiger charge is -2.27. The van der Waals surface area contributed by atoms with Gasteiger partial charge in [-0.3, -0.25) is 0 Å². The van der Waals surface area contributed by atoms with Crippen LogP contribution in [0.2, 0.25) is 0 Å². The third-order valence-electron chi connectivity index (χ3n) is 6.39. The molecule has 0 amide bonds. The summed E-state index contributed by atoms with van der Waals surface area (Å²) in [4.78, 5) is 16.3. The van der Waals surface area contributed by atoms with Gasteiger partial charge < -0.3 is 19.5 Å². The van der Waals surface area contributed by atoms with Gasteiger partial charge in [0.1, 0.15) is 0 Å². The molecule has 2 aromatic heterocycles. The fourth-order valence-electron chi connectivity index (χ4n) is 4.60. The monoisotopic (exact) mass is 460 g/mol. The summed E-state index contributed by atoms with van der Waals surface area (Å²) in [5.74, 6) is 1.13. The molecule has 1 saturated carbocycles. The van der Waals surface area contributed by atoms with E-state index in [1.54, 1.807) is 6.07 Å². The molecular weight excluding hydrogens is 433 g/mol. The van der Waals surface area contributed by atoms with E-state index in [0.717, 1.165) is 30.6 Å². The molecule has 1 aromatic carbocycles. The van der Waals surface area contributed by atoms with Crippen molar-refractivity contribution in [3.63, 3.8) is 0 Å². The van der Waals surface area contributed by atoms with Crippen LogP contribution in [0.15, 0.2) is 30.6 Å². The van der Waals surface area contributed by atoms with Gasteiger partial charge in [-0.1, -0.05) is 31.4 Å². The van der Waals surface area contributed by atoms with Crippen molar-refractivity contribution >= 4 is 22.9 Å². The maximum Gasteiger partial charge on any atom is 0.416 e. The lowest BCUT2D eigenvalue weighted by atomic mass is 9.95. The molecule has 0 atom stereocenters. The predicted octanol–water partition coefficient (Wildman–Crippen LogP) is 4.80. The standard InChI is InChI=1S/C23H27F3N6O/c24-23(25,26)17-6-4-5-16(13-17)14-27-20-19-21(30-22(29-20)31-9-11-33-12-10-31)32(15-28-19)18-7-2-1-3-8-18/h4-6,13,15,18H,1-3,7-12,14H2,(H,27,29,30). The number of halogens is 3. The lowest BCUT2D eigenvalue weighted by Crippen LogP contribution is -2.37. The van der Waals surface area contributed by atoms with Gasteiger partial charge >= 0.3 is 6.18 Å². The molecule has 33 heavy (non-hydrogen) atoms. The Kier molecular flexibility index (Phi) is 6.09. The molecule has 2 fully saturated rings. The summed E-state index contributed by atoms with van der Waals surface area (Å²) in [7, 11) is 0. The van der Waals surface area contributed by atoms with Crippen molar-refractivity contribution in [2.45, 2.75) is 50.9 Å². The van der Waals surface area contributed by atoms with Crippen LogP contribution in [0, 0.1) is 0 Å². The number of hydrogen-bond donors (Lipinski definition) is 1. The number of rotatable bonds is 5. The highest BCUT2D eigenvalue weighted by Gasteiger charge is 2.30. The number of ether oxygens (including phenoxy) is 1. The average Bonchev–Trinajstić information content (AvgIpc) is 3.27. The Bertz CT molecular complexity index is 1100. The van der Waals surface area contributed by atoms with Crippen molar-refractivity contribution in [1.82, 2.24) is 19.5 Å². The Morgan fingerprint density at radius 1 is 1.06 bits per heavy atom. The Hall–Kier alpha value is -2.88. The fraction of sp³-hybridized carbons (Fsp3) is 0.522. The van der Waals surface area contributed by atoms with Crippen LogP contribution in [-0.4, -0.2) is 45.8 Å². The zero-order valence-corrected chi connectivity index (χ0v) is 18.3. The highest BCUT2D eigenvalue weighted by Crippen LogP contribution is 2.33. The molecule has 176 valence electrons. The summed E-state index contributed by atoms with van der Waals surface area (Å²) in [6.45, 7) is 2.80. The molecule has 0 bridgehead atoms. The molecule has 3 heterocycles. The Labute approximate surface area is 190 Å². The predicted molar refractivity (Wildman–Crippen MR) is 119 cm³/mol. The molecule has 0 unspecified atom stereocenters. The number of anilines is 2. The quantitative estimate of drug-likeness (QED) is 0.590. The van der Waals surface area contributed by atoms with Crippen LogP contribution in [-0.2, 0) is 17.5 Å². The number of nitrogens with one attached hydrogen (secondary N) is 1. The molecule has 2 aliphatic rings. The van der Waals surface area contributed by atoms with Crippen molar-refractivity contribution in [3.05, 3.63) is 41.7 Å². The molecule has 1 aliphatic heterocycles. The highest BCUT2D eigenvalue weighted by atomic mass is 19.4. The molecule has 10 heteroatoms. The minimum absolute atomic E-state index is 0.203. The van der Waals surface area contributed by atoms with Crippen molar-refractivity contribution in [3.8, 4) is 0 Å². The minimum atomic E-state index is -4.37. The van der Waals surface area contributed by atoms with Gasteiger partial charge in [-0.2, -0.15) is 23.1 Å². The molecule has 0 spiro atoms. The number of imidazole rings is 1. The smallest absolute Gasteiger partial charge is 0.378 e. The first-order valence-corrected chi connectivity index (χ1v) is 11.5. The summed E-state index contributed by atoms with van der Waals surface area (Å²) < 4.78 is 46.9. The molecule has 7 nitrogen and oxygen atoms in total. The number of aromatic nitrogens is 4. The van der Waals surface area contributed by atoms with Crippen molar-refractivity contribution < 1.29 is 17.9 Å². The molecule has 1 N–H and O–H groups in total. The minimum Gasteiger partial charge on any atom is -0.378 e. The zero-order valence-electron chi connectivity index (χ0n) is 18.3. The van der Waals surface area contributed by atoms with Gasteiger partial charge in [0.05, 0.1) is 25.1 Å². The normalized spacial score (nSPS) is 18.1. The van der Waals surface area contributed by atoms with Crippen LogP contribution >= 0.6 is 0 Å². The van der Waals surface area contributed by atoms with E-state index >= 15 is 0 Å². The van der Waals surface area contributed by atoms with Crippen LogP contribution in [0.25, 0.3) is 11.2 Å². The third-order valence-corrected chi connectivity index (χ3v) is 6.39. The Morgan fingerprint density at radius 3 is 2.61 bits per heavy atom. The van der Waals surface area contributed by atoms with E-state index in [1.165, 1.54) is 25.3 Å². The van der Waals surface area contributed by atoms with Crippen LogP contribution in [0.1, 0.15) is 49.3 Å². The molecule has 3 aromatic rings. The molecule has 5 rings (SSSR count). The van der Waals surface area contributed by atoms with Gasteiger partial charge in [0.2, 0.25) is 5.95 Å². The Morgan fingerprint density at radius 2 is 1.85 bits per heavy atom. The van der Waals surface area contributed by atoms with Gasteiger partial charge in [-0.15, -0.1) is 0 Å². The van der Waals surface area contributed by atoms with Gasteiger partial charge in [0.15, 0.2) is 17.0 Å². The van der Waals surface area contributed by atoms with Gasteiger partial charge in [0, 0.05) is 25.7 Å². The van der Waals surface area contributed by atoms with Gasteiger partial charge in [0.25, 0.3) is 0 Å². The van der Waals surface area contributed by atoms with E-state index in [2.05, 4.69) is 19.8 Å². The van der Waals surface area contributed by atoms with Crippen LogP contribution in [0.4, 0.5) is 24.9 Å². The summed E-state index contributed by atoms with van der Waals surface area (Å²) in [6, 6.07) is 5.69. The second-order valence-electron chi connectivity index (χ2n) is 8.64. The van der Waals surface area contributed by atoms with Gasteiger partial charge in [-0.05, 0) is 30.5 Å². The van der Waals surface area contributed by atoms with Crippen molar-refractivity contribution in [2.75, 3.05) is 36.5 Å². The second-order valence-corrected chi connectivity index (χ2v) is 8.64. The number of benzene rings is 1. The van der Waals surface area contributed by atoms with E-state index in [9.17, 15) is 13.2 Å². The molecule has 1 aliphatic carbocycles. The van der Waals surface area contributed by atoms with E-state index in [1.807, 2.05) is 6.33 Å². The summed E-state index contributed by atoms with van der Waals surface area (Å²) in [5.41, 5.74) is 1.27. The number of morpholine rings is 1. The maximum absolute atomic E-state index is 13.1. The number of alkyl halides is 3. The SMILES string of the molecule is FC(F)(F)c1cccc(CNc2nc(N3CCOCC3)nc3c2ncn3C2CCCCC2)c1. The number of nitrogens with zero attached hydrogens (tertiary/aromatic N) is 5. The lowest BCUT2D eigenvalue weighted by molar-refractivity contribution is -0.137. The van der Waals surface area contributed by atoms with E-state index in [0.29, 0.717) is 55.2 Å². The molecule has 0 radical (unpaired) electrons. The van der Waals surface area contributed by atoms with E-state index < -0.39 is 11.7 Å². The first kappa shape index (κ1) is 21.9. The van der Waals surface area contributed by atoms with Gasteiger partial charge in [-0.25, -0.2) is 4.98 Å². The van der Waals surface area contributed by atoms with Crippen LogP contribution < -0.4 is 10.2 Å².